The molecule has 1 N–H and O–H groups in total. The molecule has 32 heavy (non-hydrogen) atoms. The summed E-state index contributed by atoms with van der Waals surface area (Å²) in [5.41, 5.74) is 0.719. The molecule has 0 bridgehead atoms. The Hall–Kier alpha value is -2.36. The van der Waals surface area contributed by atoms with Crippen molar-refractivity contribution < 1.29 is 18.0 Å². The summed E-state index contributed by atoms with van der Waals surface area (Å²) in [6.07, 6.45) is 3.19. The van der Waals surface area contributed by atoms with Gasteiger partial charge in [0.05, 0.1) is 26.4 Å². The molecule has 2 amide bonds. The molecule has 0 spiro atoms. The predicted molar refractivity (Wildman–Crippen MR) is 122 cm³/mol. The molecule has 2 aliphatic heterocycles. The number of piperazine rings is 1. The maximum absolute atomic E-state index is 13.2. The molecule has 2 aromatic rings. The van der Waals surface area contributed by atoms with Crippen molar-refractivity contribution in [3.63, 3.8) is 0 Å². The van der Waals surface area contributed by atoms with E-state index in [9.17, 15) is 18.0 Å². The van der Waals surface area contributed by atoms with Gasteiger partial charge in [0.2, 0.25) is 5.91 Å². The number of hydrogen-bond acceptors (Lipinski definition) is 6. The van der Waals surface area contributed by atoms with Crippen LogP contribution in [0.5, 0.6) is 0 Å². The van der Waals surface area contributed by atoms with E-state index in [1.807, 2.05) is 4.90 Å². The monoisotopic (exact) mass is 496 g/mol. The fourth-order valence-electron chi connectivity index (χ4n) is 4.08. The van der Waals surface area contributed by atoms with Gasteiger partial charge in [0.15, 0.2) is 9.84 Å². The molecule has 1 aromatic carbocycles. The maximum atomic E-state index is 13.2. The summed E-state index contributed by atoms with van der Waals surface area (Å²) in [5, 5.41) is 3.63. The standard InChI is InChI=1S/C21H22Cl2N4O4S/c1-32(30,31)18-10-13(15-4-5-24-20(15)28)2-3-16(18)21(29)27-8-6-26(7-9-27)19-17(23)11-14(22)12-25-19/h2-3,10-12,15H,4-9H2,1H3,(H,24,28). The van der Waals surface area contributed by atoms with E-state index >= 15 is 0 Å². The molecule has 0 radical (unpaired) electrons. The normalized spacial score (nSPS) is 19.2. The zero-order valence-corrected chi connectivity index (χ0v) is 19.7. The number of amides is 2. The van der Waals surface area contributed by atoms with E-state index in [1.165, 1.54) is 18.3 Å². The van der Waals surface area contributed by atoms with Crippen LogP contribution < -0.4 is 10.2 Å². The summed E-state index contributed by atoms with van der Waals surface area (Å²) in [6, 6.07) is 6.27. The number of carbonyl (C=O) groups is 2. The summed E-state index contributed by atoms with van der Waals surface area (Å²) in [7, 11) is -3.68. The molecule has 1 aromatic heterocycles. The molecule has 3 heterocycles. The van der Waals surface area contributed by atoms with Gasteiger partial charge < -0.3 is 15.1 Å². The Kier molecular flexibility index (Phi) is 6.33. The van der Waals surface area contributed by atoms with Crippen LogP contribution in [0.4, 0.5) is 5.82 Å². The smallest absolute Gasteiger partial charge is 0.255 e. The van der Waals surface area contributed by atoms with Crippen LogP contribution in [0.2, 0.25) is 10.0 Å². The molecule has 170 valence electrons. The van der Waals surface area contributed by atoms with Crippen LogP contribution in [0.3, 0.4) is 0 Å². The zero-order chi connectivity index (χ0) is 23.0. The van der Waals surface area contributed by atoms with Crippen LogP contribution in [0.1, 0.15) is 28.3 Å². The topological polar surface area (TPSA) is 99.7 Å². The molecule has 0 aliphatic carbocycles. The molecule has 2 aliphatic rings. The number of anilines is 1. The van der Waals surface area contributed by atoms with Crippen molar-refractivity contribution >= 4 is 50.7 Å². The second-order valence-corrected chi connectivity index (χ2v) is 10.7. The minimum atomic E-state index is -3.68. The van der Waals surface area contributed by atoms with Gasteiger partial charge in [-0.1, -0.05) is 29.3 Å². The number of halogens is 2. The van der Waals surface area contributed by atoms with Gasteiger partial charge in [-0.15, -0.1) is 0 Å². The van der Waals surface area contributed by atoms with Gasteiger partial charge in [-0.3, -0.25) is 9.59 Å². The van der Waals surface area contributed by atoms with Crippen molar-refractivity contribution in [2.75, 3.05) is 43.9 Å². The minimum Gasteiger partial charge on any atom is -0.356 e. The molecule has 0 saturated carbocycles. The summed E-state index contributed by atoms with van der Waals surface area (Å²) in [4.78, 5) is 33.1. The number of pyridine rings is 1. The molecule has 11 heteroatoms. The van der Waals surface area contributed by atoms with Crippen LogP contribution in [-0.4, -0.2) is 69.1 Å². The van der Waals surface area contributed by atoms with Crippen LogP contribution >= 0.6 is 23.2 Å². The van der Waals surface area contributed by atoms with E-state index in [1.54, 1.807) is 17.0 Å². The largest absolute Gasteiger partial charge is 0.356 e. The highest BCUT2D eigenvalue weighted by atomic mass is 35.5. The molecule has 2 fully saturated rings. The van der Waals surface area contributed by atoms with Crippen molar-refractivity contribution in [2.24, 2.45) is 0 Å². The number of rotatable bonds is 4. The van der Waals surface area contributed by atoms with Gasteiger partial charge in [-0.2, -0.15) is 0 Å². The van der Waals surface area contributed by atoms with Crippen LogP contribution in [-0.2, 0) is 14.6 Å². The Labute approximate surface area is 196 Å². The number of nitrogens with zero attached hydrogens (tertiary/aromatic N) is 3. The third kappa shape index (κ3) is 4.55. The van der Waals surface area contributed by atoms with E-state index in [4.69, 9.17) is 23.2 Å². The highest BCUT2D eigenvalue weighted by Gasteiger charge is 2.31. The van der Waals surface area contributed by atoms with E-state index in [0.29, 0.717) is 60.6 Å². The first-order valence-electron chi connectivity index (χ1n) is 10.1. The molecule has 4 rings (SSSR count). The average molecular weight is 497 g/mol. The van der Waals surface area contributed by atoms with Crippen molar-refractivity contribution in [2.45, 2.75) is 17.2 Å². The van der Waals surface area contributed by atoms with E-state index in [0.717, 1.165) is 6.26 Å². The van der Waals surface area contributed by atoms with Gasteiger partial charge in [0.1, 0.15) is 5.82 Å². The fourth-order valence-corrected chi connectivity index (χ4v) is 5.49. The first-order chi connectivity index (χ1) is 15.1. The lowest BCUT2D eigenvalue weighted by molar-refractivity contribution is -0.120. The van der Waals surface area contributed by atoms with Gasteiger partial charge in [0.25, 0.3) is 5.91 Å². The average Bonchev–Trinajstić information content (AvgIpc) is 3.18. The summed E-state index contributed by atoms with van der Waals surface area (Å²) < 4.78 is 25.0. The number of sulfone groups is 1. The van der Waals surface area contributed by atoms with Crippen molar-refractivity contribution in [1.29, 1.82) is 0 Å². The van der Waals surface area contributed by atoms with Crippen molar-refractivity contribution in [3.05, 3.63) is 51.6 Å². The lowest BCUT2D eigenvalue weighted by atomic mass is 9.96. The third-order valence-electron chi connectivity index (χ3n) is 5.74. The Balaban J connectivity index is 1.55. The molecular formula is C21H22Cl2N4O4S. The number of benzene rings is 1. The zero-order valence-electron chi connectivity index (χ0n) is 17.3. The Morgan fingerprint density at radius 1 is 1.16 bits per heavy atom. The minimum absolute atomic E-state index is 0.0514. The predicted octanol–water partition coefficient (Wildman–Crippen LogP) is 2.36. The van der Waals surface area contributed by atoms with Crippen LogP contribution in [0.15, 0.2) is 35.4 Å². The van der Waals surface area contributed by atoms with Crippen molar-refractivity contribution in [3.8, 4) is 0 Å². The lowest BCUT2D eigenvalue weighted by Crippen LogP contribution is -2.49. The van der Waals surface area contributed by atoms with Gasteiger partial charge in [0, 0.05) is 45.2 Å². The van der Waals surface area contributed by atoms with Crippen LogP contribution in [0, 0.1) is 0 Å². The number of hydrogen-bond donors (Lipinski definition) is 1. The van der Waals surface area contributed by atoms with E-state index in [2.05, 4.69) is 10.3 Å². The van der Waals surface area contributed by atoms with Crippen molar-refractivity contribution in [1.82, 2.24) is 15.2 Å². The molecular weight excluding hydrogens is 475 g/mol. The second kappa shape index (κ2) is 8.88. The lowest BCUT2D eigenvalue weighted by Gasteiger charge is -2.36. The van der Waals surface area contributed by atoms with E-state index in [-0.39, 0.29) is 22.3 Å². The number of aromatic nitrogens is 1. The first kappa shape index (κ1) is 22.8. The molecule has 2 saturated heterocycles. The second-order valence-electron chi connectivity index (χ2n) is 7.90. The summed E-state index contributed by atoms with van der Waals surface area (Å²) in [5.74, 6) is -0.296. The molecule has 1 atom stereocenters. The van der Waals surface area contributed by atoms with Crippen LogP contribution in [0.25, 0.3) is 0 Å². The maximum Gasteiger partial charge on any atom is 0.255 e. The fraction of sp³-hybridized carbons (Fsp3) is 0.381. The summed E-state index contributed by atoms with van der Waals surface area (Å²) >= 11 is 12.2. The molecule has 8 nitrogen and oxygen atoms in total. The summed E-state index contributed by atoms with van der Waals surface area (Å²) in [6.45, 7) is 2.31. The first-order valence-corrected chi connectivity index (χ1v) is 12.8. The Bertz CT molecular complexity index is 1180. The number of nitrogens with one attached hydrogen (secondary N) is 1. The quantitative estimate of drug-likeness (QED) is 0.697. The SMILES string of the molecule is CS(=O)(=O)c1cc(C2CCNC2=O)ccc1C(=O)N1CCN(c2ncc(Cl)cc2Cl)CC1. The molecule has 1 unspecified atom stereocenters. The van der Waals surface area contributed by atoms with Gasteiger partial charge in [-0.05, 0) is 30.2 Å². The van der Waals surface area contributed by atoms with Gasteiger partial charge >= 0.3 is 0 Å². The Morgan fingerprint density at radius 3 is 2.47 bits per heavy atom. The highest BCUT2D eigenvalue weighted by Crippen LogP contribution is 2.30. The number of carbonyl (C=O) groups excluding carboxylic acids is 2. The van der Waals surface area contributed by atoms with Gasteiger partial charge in [-0.25, -0.2) is 13.4 Å². The highest BCUT2D eigenvalue weighted by molar-refractivity contribution is 7.90. The third-order valence-corrected chi connectivity index (χ3v) is 7.36. The Morgan fingerprint density at radius 2 is 1.88 bits per heavy atom. The van der Waals surface area contributed by atoms with E-state index < -0.39 is 15.8 Å².